The molecule has 0 aliphatic carbocycles. The highest BCUT2D eigenvalue weighted by molar-refractivity contribution is 9.10. The Labute approximate surface area is 210 Å². The molecule has 3 aromatic carbocycles. The van der Waals surface area contributed by atoms with E-state index in [2.05, 4.69) is 26.0 Å². The van der Waals surface area contributed by atoms with Crippen LogP contribution in [0.1, 0.15) is 11.1 Å². The Balaban J connectivity index is 1.48. The molecule has 34 heavy (non-hydrogen) atoms. The molecule has 0 radical (unpaired) electrons. The lowest BCUT2D eigenvalue weighted by Gasteiger charge is -2.17. The van der Waals surface area contributed by atoms with Crippen molar-refractivity contribution >= 4 is 61.0 Å². The number of anilines is 1. The van der Waals surface area contributed by atoms with E-state index in [-0.39, 0.29) is 11.5 Å². The molecule has 0 N–H and O–H groups in total. The van der Waals surface area contributed by atoms with E-state index >= 15 is 0 Å². The highest BCUT2D eigenvalue weighted by Gasteiger charge is 2.34. The molecule has 0 bridgehead atoms. The predicted octanol–water partition coefficient (Wildman–Crippen LogP) is 4.70. The van der Waals surface area contributed by atoms with E-state index in [9.17, 15) is 9.59 Å². The highest BCUT2D eigenvalue weighted by atomic mass is 79.9. The van der Waals surface area contributed by atoms with Gasteiger partial charge >= 0.3 is 0 Å². The molecule has 0 spiro atoms. The molecule has 166 valence electrons. The van der Waals surface area contributed by atoms with Gasteiger partial charge in [-0.25, -0.2) is 0 Å². The molecule has 0 fully saturated rings. The third-order valence-electron chi connectivity index (χ3n) is 5.66. The number of rotatable bonds is 3. The number of benzene rings is 3. The summed E-state index contributed by atoms with van der Waals surface area (Å²) in [5.41, 5.74) is 3.30. The van der Waals surface area contributed by atoms with Crippen LogP contribution in [0.15, 0.2) is 82.1 Å². The monoisotopic (exact) mass is 548 g/mol. The van der Waals surface area contributed by atoms with Crippen LogP contribution in [0, 0.1) is 0 Å². The molecule has 0 saturated heterocycles. The first-order valence-electron chi connectivity index (χ1n) is 10.3. The Morgan fingerprint density at radius 3 is 2.41 bits per heavy atom. The zero-order valence-corrected chi connectivity index (χ0v) is 20.6. The number of halogens is 2. The summed E-state index contributed by atoms with van der Waals surface area (Å²) < 4.78 is 2.57. The molecule has 2 aromatic heterocycles. The SMILES string of the molecule is O=C1C(=c2sc3nc(-c4ccc(Br)cc4)nn3c2=O)c2ccccc2N1Cc1ccc(Cl)cc1. The van der Waals surface area contributed by atoms with Crippen molar-refractivity contribution < 1.29 is 4.79 Å². The molecule has 6 rings (SSSR count). The average molecular weight is 550 g/mol. The van der Waals surface area contributed by atoms with Gasteiger partial charge in [0.15, 0.2) is 5.82 Å². The molecule has 5 aromatic rings. The first-order chi connectivity index (χ1) is 16.5. The third-order valence-corrected chi connectivity index (χ3v) is 7.47. The normalized spacial score (nSPS) is 14.8. The van der Waals surface area contributed by atoms with Gasteiger partial charge in [0.05, 0.1) is 17.8 Å². The maximum absolute atomic E-state index is 13.6. The highest BCUT2D eigenvalue weighted by Crippen LogP contribution is 2.36. The quantitative estimate of drug-likeness (QED) is 0.327. The molecule has 0 unspecified atom stereocenters. The number of thiazole rings is 1. The number of para-hydroxylation sites is 1. The van der Waals surface area contributed by atoms with Gasteiger partial charge in [-0.2, -0.15) is 9.50 Å². The van der Waals surface area contributed by atoms with Crippen LogP contribution < -0.4 is 15.0 Å². The zero-order valence-electron chi connectivity index (χ0n) is 17.4. The number of aromatic nitrogens is 3. The van der Waals surface area contributed by atoms with Crippen LogP contribution in [-0.2, 0) is 11.3 Å². The van der Waals surface area contributed by atoms with Crippen molar-refractivity contribution in [3.05, 3.63) is 108 Å². The van der Waals surface area contributed by atoms with E-state index < -0.39 is 0 Å². The van der Waals surface area contributed by atoms with Crippen molar-refractivity contribution in [2.75, 3.05) is 4.90 Å². The van der Waals surface area contributed by atoms with Gasteiger partial charge in [-0.1, -0.05) is 81.3 Å². The van der Waals surface area contributed by atoms with Gasteiger partial charge in [-0.05, 0) is 35.9 Å². The molecule has 1 amide bonds. The Morgan fingerprint density at radius 2 is 1.68 bits per heavy atom. The van der Waals surface area contributed by atoms with E-state index in [0.29, 0.717) is 32.5 Å². The fourth-order valence-electron chi connectivity index (χ4n) is 4.04. The molecule has 0 saturated carbocycles. The van der Waals surface area contributed by atoms with Gasteiger partial charge in [0.1, 0.15) is 4.53 Å². The number of carbonyl (C=O) groups is 1. The van der Waals surface area contributed by atoms with Gasteiger partial charge in [-0.3, -0.25) is 9.59 Å². The van der Waals surface area contributed by atoms with Crippen LogP contribution >= 0.6 is 38.9 Å². The smallest absolute Gasteiger partial charge is 0.291 e. The van der Waals surface area contributed by atoms with Crippen molar-refractivity contribution in [1.29, 1.82) is 0 Å². The number of hydrogen-bond donors (Lipinski definition) is 0. The fourth-order valence-corrected chi connectivity index (χ4v) is 5.42. The van der Waals surface area contributed by atoms with E-state index in [1.807, 2.05) is 60.7 Å². The molecule has 1 aliphatic heterocycles. The maximum Gasteiger partial charge on any atom is 0.291 e. The summed E-state index contributed by atoms with van der Waals surface area (Å²) in [4.78, 5) is 33.6. The van der Waals surface area contributed by atoms with Gasteiger partial charge in [0.25, 0.3) is 11.5 Å². The van der Waals surface area contributed by atoms with Crippen LogP contribution in [0.5, 0.6) is 0 Å². The predicted molar refractivity (Wildman–Crippen MR) is 137 cm³/mol. The summed E-state index contributed by atoms with van der Waals surface area (Å²) in [7, 11) is 0. The number of amides is 1. The minimum absolute atomic E-state index is 0.217. The minimum Gasteiger partial charge on any atom is -0.303 e. The Morgan fingerprint density at radius 1 is 0.941 bits per heavy atom. The molecular formula is C25H14BrClN4O2S. The lowest BCUT2D eigenvalue weighted by atomic mass is 10.1. The van der Waals surface area contributed by atoms with Gasteiger partial charge < -0.3 is 4.90 Å². The lowest BCUT2D eigenvalue weighted by molar-refractivity contribution is -0.113. The van der Waals surface area contributed by atoms with E-state index in [4.69, 9.17) is 11.6 Å². The van der Waals surface area contributed by atoms with Crippen molar-refractivity contribution in [3.8, 4) is 11.4 Å². The summed E-state index contributed by atoms with van der Waals surface area (Å²) >= 11 is 10.6. The summed E-state index contributed by atoms with van der Waals surface area (Å²) in [6, 6.07) is 22.4. The second-order valence-electron chi connectivity index (χ2n) is 7.78. The van der Waals surface area contributed by atoms with Crippen LogP contribution in [-0.4, -0.2) is 20.5 Å². The Kier molecular flexibility index (Phi) is 5.09. The maximum atomic E-state index is 13.6. The van der Waals surface area contributed by atoms with Crippen molar-refractivity contribution in [2.45, 2.75) is 6.54 Å². The minimum atomic E-state index is -0.345. The first-order valence-corrected chi connectivity index (χ1v) is 12.3. The molecular weight excluding hydrogens is 536 g/mol. The Hall–Kier alpha value is -3.33. The average Bonchev–Trinajstić information content (AvgIpc) is 3.47. The van der Waals surface area contributed by atoms with Gasteiger partial charge in [-0.15, -0.1) is 5.10 Å². The van der Waals surface area contributed by atoms with Crippen LogP contribution in [0.4, 0.5) is 5.69 Å². The largest absolute Gasteiger partial charge is 0.303 e. The summed E-state index contributed by atoms with van der Waals surface area (Å²) in [6.07, 6.45) is 0. The fraction of sp³-hybridized carbons (Fsp3) is 0.0400. The lowest BCUT2D eigenvalue weighted by Crippen LogP contribution is -2.32. The van der Waals surface area contributed by atoms with E-state index in [1.165, 1.54) is 15.9 Å². The summed E-state index contributed by atoms with van der Waals surface area (Å²) in [6.45, 7) is 0.374. The van der Waals surface area contributed by atoms with Crippen LogP contribution in [0.3, 0.4) is 0 Å². The van der Waals surface area contributed by atoms with Gasteiger partial charge in [0.2, 0.25) is 4.96 Å². The van der Waals surface area contributed by atoms with Crippen LogP contribution in [0.2, 0.25) is 5.02 Å². The standard InChI is InChI=1S/C25H14BrClN4O2S/c26-16-9-7-15(8-10-16)22-28-25-31(29-22)24(33)21(34-25)20-18-3-1-2-4-19(18)30(23(20)32)13-14-5-11-17(27)12-6-14/h1-12H,13H2. The topological polar surface area (TPSA) is 67.6 Å². The zero-order chi connectivity index (χ0) is 23.4. The molecule has 6 nitrogen and oxygen atoms in total. The Bertz CT molecular complexity index is 1690. The summed E-state index contributed by atoms with van der Waals surface area (Å²) in [5, 5.41) is 5.05. The third kappa shape index (κ3) is 3.46. The van der Waals surface area contributed by atoms with Crippen molar-refractivity contribution in [3.63, 3.8) is 0 Å². The second kappa shape index (κ2) is 8.16. The molecule has 3 heterocycles. The van der Waals surface area contributed by atoms with Crippen molar-refractivity contribution in [1.82, 2.24) is 14.6 Å². The van der Waals surface area contributed by atoms with Crippen molar-refractivity contribution in [2.24, 2.45) is 0 Å². The van der Waals surface area contributed by atoms with Crippen LogP contribution in [0.25, 0.3) is 21.9 Å². The molecule has 1 aliphatic rings. The van der Waals surface area contributed by atoms with E-state index in [1.54, 1.807) is 17.0 Å². The number of nitrogens with zero attached hydrogens (tertiary/aromatic N) is 4. The van der Waals surface area contributed by atoms with Gasteiger partial charge in [0, 0.05) is 20.6 Å². The first kappa shape index (κ1) is 21.2. The number of carbonyl (C=O) groups excluding carboxylic acids is 1. The summed E-state index contributed by atoms with van der Waals surface area (Å²) in [5.74, 6) is 0.251. The molecule has 0 atom stereocenters. The molecule has 9 heteroatoms. The number of hydrogen-bond acceptors (Lipinski definition) is 5. The number of fused-ring (bicyclic) bond motifs is 2. The van der Waals surface area contributed by atoms with E-state index in [0.717, 1.165) is 26.9 Å². The second-order valence-corrected chi connectivity index (χ2v) is 10.1.